The standard InChI is InChI=1S/C25H20N6O2/c1-17-5-7-21(8-6-17)33-16-24(32)27-20-4-2-3-19(15-20)22-9-10-23-28-29-25(31(23)30-22)18-11-13-26-14-12-18/h2-15H,16H2,1H3,(H,27,32). The molecule has 0 aliphatic rings. The number of carbonyl (C=O) groups excluding carboxylic acids is 1. The van der Waals surface area contributed by atoms with Crippen LogP contribution in [0.4, 0.5) is 5.69 Å². The fraction of sp³-hybridized carbons (Fsp3) is 0.0800. The molecule has 3 aromatic heterocycles. The van der Waals surface area contributed by atoms with E-state index >= 15 is 0 Å². The second kappa shape index (κ2) is 8.88. The molecule has 0 aliphatic heterocycles. The van der Waals surface area contributed by atoms with Gasteiger partial charge in [-0.15, -0.1) is 10.2 Å². The van der Waals surface area contributed by atoms with Gasteiger partial charge in [-0.3, -0.25) is 9.78 Å². The fourth-order valence-corrected chi connectivity index (χ4v) is 3.36. The Morgan fingerprint density at radius 3 is 2.58 bits per heavy atom. The lowest BCUT2D eigenvalue weighted by Gasteiger charge is -2.09. The number of ether oxygens (including phenoxy) is 1. The highest BCUT2D eigenvalue weighted by atomic mass is 16.5. The summed E-state index contributed by atoms with van der Waals surface area (Å²) in [5, 5.41) is 16.0. The maximum atomic E-state index is 12.4. The summed E-state index contributed by atoms with van der Waals surface area (Å²) in [6.45, 7) is 1.92. The van der Waals surface area contributed by atoms with Crippen molar-refractivity contribution in [3.63, 3.8) is 0 Å². The Kier molecular flexibility index (Phi) is 5.47. The third-order valence-electron chi connectivity index (χ3n) is 5.03. The molecule has 3 heterocycles. The number of anilines is 1. The number of amides is 1. The monoisotopic (exact) mass is 436 g/mol. The molecule has 5 aromatic rings. The Labute approximate surface area is 189 Å². The Morgan fingerprint density at radius 1 is 0.939 bits per heavy atom. The molecule has 8 heteroatoms. The van der Waals surface area contributed by atoms with Crippen LogP contribution in [-0.2, 0) is 4.79 Å². The first kappa shape index (κ1) is 20.3. The lowest BCUT2D eigenvalue weighted by Crippen LogP contribution is -2.20. The predicted molar refractivity (Wildman–Crippen MR) is 125 cm³/mol. The molecule has 1 N–H and O–H groups in total. The van der Waals surface area contributed by atoms with Gasteiger partial charge < -0.3 is 10.1 Å². The summed E-state index contributed by atoms with van der Waals surface area (Å²) in [7, 11) is 0. The minimum atomic E-state index is -0.241. The molecule has 1 amide bonds. The van der Waals surface area contributed by atoms with E-state index in [9.17, 15) is 4.79 Å². The van der Waals surface area contributed by atoms with Crippen LogP contribution in [0.3, 0.4) is 0 Å². The van der Waals surface area contributed by atoms with Crippen LogP contribution >= 0.6 is 0 Å². The van der Waals surface area contributed by atoms with Crippen LogP contribution in [-0.4, -0.2) is 37.3 Å². The van der Waals surface area contributed by atoms with Crippen LogP contribution in [0.2, 0.25) is 0 Å². The molecule has 0 unspecified atom stereocenters. The number of fused-ring (bicyclic) bond motifs is 1. The van der Waals surface area contributed by atoms with Crippen molar-refractivity contribution in [2.75, 3.05) is 11.9 Å². The molecule has 0 atom stereocenters. The number of pyridine rings is 1. The number of aryl methyl sites for hydroxylation is 1. The molecule has 162 valence electrons. The van der Waals surface area contributed by atoms with E-state index in [1.807, 2.05) is 79.7 Å². The lowest BCUT2D eigenvalue weighted by atomic mass is 10.1. The van der Waals surface area contributed by atoms with Crippen LogP contribution in [0.1, 0.15) is 5.56 Å². The number of hydrogen-bond donors (Lipinski definition) is 1. The van der Waals surface area contributed by atoms with Crippen molar-refractivity contribution in [2.24, 2.45) is 0 Å². The van der Waals surface area contributed by atoms with Gasteiger partial charge in [-0.25, -0.2) is 0 Å². The van der Waals surface area contributed by atoms with Gasteiger partial charge in [0.05, 0.1) is 5.69 Å². The quantitative estimate of drug-likeness (QED) is 0.429. The summed E-state index contributed by atoms with van der Waals surface area (Å²) in [6, 6.07) is 22.5. The van der Waals surface area contributed by atoms with E-state index < -0.39 is 0 Å². The topological polar surface area (TPSA) is 94.3 Å². The van der Waals surface area contributed by atoms with Crippen LogP contribution in [0.15, 0.2) is 85.2 Å². The third kappa shape index (κ3) is 4.54. The van der Waals surface area contributed by atoms with E-state index in [2.05, 4.69) is 20.5 Å². The molecule has 0 aliphatic carbocycles. The molecule has 0 radical (unpaired) electrons. The summed E-state index contributed by atoms with van der Waals surface area (Å²) in [5.41, 5.74) is 4.88. The molecular formula is C25H20N6O2. The van der Waals surface area contributed by atoms with E-state index in [4.69, 9.17) is 9.84 Å². The van der Waals surface area contributed by atoms with Crippen LogP contribution in [0, 0.1) is 6.92 Å². The largest absolute Gasteiger partial charge is 0.484 e. The fourth-order valence-electron chi connectivity index (χ4n) is 3.36. The normalized spacial score (nSPS) is 10.8. The Morgan fingerprint density at radius 2 is 1.76 bits per heavy atom. The number of benzene rings is 2. The second-order valence-electron chi connectivity index (χ2n) is 7.48. The van der Waals surface area contributed by atoms with Gasteiger partial charge in [0, 0.05) is 29.2 Å². The zero-order valence-corrected chi connectivity index (χ0v) is 17.8. The molecule has 0 bridgehead atoms. The Balaban J connectivity index is 1.34. The van der Waals surface area contributed by atoms with Gasteiger partial charge >= 0.3 is 0 Å². The first-order chi connectivity index (χ1) is 16.2. The Hall–Kier alpha value is -4.59. The highest BCUT2D eigenvalue weighted by Crippen LogP contribution is 2.23. The van der Waals surface area contributed by atoms with Gasteiger partial charge in [0.15, 0.2) is 18.1 Å². The maximum Gasteiger partial charge on any atom is 0.262 e. The SMILES string of the molecule is Cc1ccc(OCC(=O)Nc2cccc(-c3ccc4nnc(-c5ccncc5)n4n3)c2)cc1. The highest BCUT2D eigenvalue weighted by Gasteiger charge is 2.11. The summed E-state index contributed by atoms with van der Waals surface area (Å²) in [4.78, 5) is 16.4. The van der Waals surface area contributed by atoms with Crippen molar-refractivity contribution < 1.29 is 9.53 Å². The van der Waals surface area contributed by atoms with Gasteiger partial charge in [-0.2, -0.15) is 9.61 Å². The first-order valence-electron chi connectivity index (χ1n) is 10.4. The summed E-state index contributed by atoms with van der Waals surface area (Å²) in [5.74, 6) is 1.04. The summed E-state index contributed by atoms with van der Waals surface area (Å²) < 4.78 is 7.26. The molecule has 0 spiro atoms. The average Bonchev–Trinajstić information content (AvgIpc) is 3.28. The van der Waals surface area contributed by atoms with Gasteiger partial charge in [-0.05, 0) is 55.5 Å². The maximum absolute atomic E-state index is 12.4. The minimum absolute atomic E-state index is 0.0759. The highest BCUT2D eigenvalue weighted by molar-refractivity contribution is 5.92. The van der Waals surface area contributed by atoms with E-state index in [1.165, 1.54) is 0 Å². The van der Waals surface area contributed by atoms with Crippen molar-refractivity contribution in [1.82, 2.24) is 24.8 Å². The minimum Gasteiger partial charge on any atom is -0.484 e. The van der Waals surface area contributed by atoms with Gasteiger partial charge in [0.25, 0.3) is 5.91 Å². The van der Waals surface area contributed by atoms with Crippen LogP contribution in [0.25, 0.3) is 28.3 Å². The van der Waals surface area contributed by atoms with Gasteiger partial charge in [-0.1, -0.05) is 29.8 Å². The third-order valence-corrected chi connectivity index (χ3v) is 5.03. The summed E-state index contributed by atoms with van der Waals surface area (Å²) in [6.07, 6.45) is 3.41. The zero-order valence-electron chi connectivity index (χ0n) is 17.8. The van der Waals surface area contributed by atoms with E-state index in [0.717, 1.165) is 22.4 Å². The number of rotatable bonds is 6. The zero-order chi connectivity index (χ0) is 22.6. The predicted octanol–water partition coefficient (Wildman–Crippen LogP) is 4.18. The molecule has 2 aromatic carbocycles. The van der Waals surface area contributed by atoms with Crippen molar-refractivity contribution in [2.45, 2.75) is 6.92 Å². The number of nitrogens with zero attached hydrogens (tertiary/aromatic N) is 5. The number of hydrogen-bond acceptors (Lipinski definition) is 6. The van der Waals surface area contributed by atoms with Crippen LogP contribution in [0.5, 0.6) is 5.75 Å². The number of carbonyl (C=O) groups is 1. The second-order valence-corrected chi connectivity index (χ2v) is 7.48. The molecule has 33 heavy (non-hydrogen) atoms. The number of aromatic nitrogens is 5. The van der Waals surface area contributed by atoms with Crippen molar-refractivity contribution in [3.05, 3.63) is 90.8 Å². The van der Waals surface area contributed by atoms with Crippen molar-refractivity contribution in [1.29, 1.82) is 0 Å². The average molecular weight is 436 g/mol. The van der Waals surface area contributed by atoms with Gasteiger partial charge in [0.2, 0.25) is 0 Å². The molecular weight excluding hydrogens is 416 g/mol. The first-order valence-corrected chi connectivity index (χ1v) is 10.4. The van der Waals surface area contributed by atoms with Gasteiger partial charge in [0.1, 0.15) is 5.75 Å². The van der Waals surface area contributed by atoms with Crippen molar-refractivity contribution >= 4 is 17.2 Å². The molecule has 0 saturated carbocycles. The van der Waals surface area contributed by atoms with E-state index in [0.29, 0.717) is 22.9 Å². The van der Waals surface area contributed by atoms with Crippen LogP contribution < -0.4 is 10.1 Å². The smallest absolute Gasteiger partial charge is 0.262 e. The molecule has 5 rings (SSSR count). The molecule has 0 fully saturated rings. The summed E-state index contributed by atoms with van der Waals surface area (Å²) >= 11 is 0. The van der Waals surface area contributed by atoms with Crippen molar-refractivity contribution in [3.8, 4) is 28.4 Å². The van der Waals surface area contributed by atoms with E-state index in [1.54, 1.807) is 16.9 Å². The molecule has 0 saturated heterocycles. The number of nitrogens with one attached hydrogen (secondary N) is 1. The van der Waals surface area contributed by atoms with E-state index in [-0.39, 0.29) is 12.5 Å². The Bertz CT molecular complexity index is 1410. The molecule has 8 nitrogen and oxygen atoms in total. The lowest BCUT2D eigenvalue weighted by molar-refractivity contribution is -0.118.